The Balaban J connectivity index is 2.60. The van der Waals surface area contributed by atoms with E-state index in [0.717, 1.165) is 25.7 Å². The van der Waals surface area contributed by atoms with Gasteiger partial charge in [0, 0.05) is 24.5 Å². The van der Waals surface area contributed by atoms with Crippen LogP contribution in [0, 0.1) is 0 Å². The van der Waals surface area contributed by atoms with E-state index in [1.807, 2.05) is 20.8 Å². The molecule has 1 aliphatic carbocycles. The lowest BCUT2D eigenvalue weighted by Gasteiger charge is -2.42. The van der Waals surface area contributed by atoms with Crippen LogP contribution in [0.4, 0.5) is 4.79 Å². The Morgan fingerprint density at radius 3 is 2.00 bits per heavy atom. The highest BCUT2D eigenvalue weighted by Crippen LogP contribution is 2.28. The third-order valence-electron chi connectivity index (χ3n) is 3.40. The van der Waals surface area contributed by atoms with Crippen LogP contribution in [0.5, 0.6) is 0 Å². The third kappa shape index (κ3) is 3.89. The predicted molar refractivity (Wildman–Crippen MR) is 69.5 cm³/mol. The van der Waals surface area contributed by atoms with Crippen LogP contribution in [0.1, 0.15) is 53.4 Å². The summed E-state index contributed by atoms with van der Waals surface area (Å²) in [6, 6.07) is 0.266. The summed E-state index contributed by atoms with van der Waals surface area (Å²) in [6.07, 6.45) is 2.47. The molecule has 5 nitrogen and oxygen atoms in total. The van der Waals surface area contributed by atoms with Crippen molar-refractivity contribution in [2.75, 3.05) is 0 Å². The molecule has 2 amide bonds. The van der Waals surface area contributed by atoms with Crippen LogP contribution >= 0.6 is 0 Å². The number of carbonyl (C=O) groups excluding carboxylic acids is 1. The number of rotatable bonds is 2. The van der Waals surface area contributed by atoms with E-state index in [4.69, 9.17) is 0 Å². The van der Waals surface area contributed by atoms with E-state index >= 15 is 0 Å². The van der Waals surface area contributed by atoms with Crippen LogP contribution in [0.2, 0.25) is 0 Å². The first-order chi connectivity index (χ1) is 8.21. The molecule has 2 N–H and O–H groups in total. The maximum absolute atomic E-state index is 11.4. The molecule has 0 heterocycles. The van der Waals surface area contributed by atoms with E-state index < -0.39 is 6.09 Å². The van der Waals surface area contributed by atoms with E-state index in [1.165, 1.54) is 6.92 Å². The van der Waals surface area contributed by atoms with Crippen molar-refractivity contribution in [2.45, 2.75) is 71.0 Å². The van der Waals surface area contributed by atoms with E-state index in [-0.39, 0.29) is 23.5 Å². The molecule has 18 heavy (non-hydrogen) atoms. The lowest BCUT2D eigenvalue weighted by atomic mass is 9.88. The summed E-state index contributed by atoms with van der Waals surface area (Å²) in [5.41, 5.74) is -0.378. The van der Waals surface area contributed by atoms with Gasteiger partial charge >= 0.3 is 6.09 Å². The molecule has 1 rings (SSSR count). The first-order valence-electron chi connectivity index (χ1n) is 6.51. The van der Waals surface area contributed by atoms with Crippen LogP contribution in [0.25, 0.3) is 0 Å². The lowest BCUT2D eigenvalue weighted by Crippen LogP contribution is -2.53. The summed E-state index contributed by atoms with van der Waals surface area (Å²) in [5, 5.41) is 12.2. The van der Waals surface area contributed by atoms with Crippen molar-refractivity contribution in [3.63, 3.8) is 0 Å². The summed E-state index contributed by atoms with van der Waals surface area (Å²) >= 11 is 0. The maximum atomic E-state index is 11.4. The first-order valence-corrected chi connectivity index (χ1v) is 6.51. The smallest absolute Gasteiger partial charge is 0.407 e. The zero-order chi connectivity index (χ0) is 13.9. The molecule has 1 fully saturated rings. The first kappa shape index (κ1) is 14.8. The molecular weight excluding hydrogens is 232 g/mol. The molecular formula is C13H24N2O3. The van der Waals surface area contributed by atoms with Gasteiger partial charge in [-0.05, 0) is 46.5 Å². The summed E-state index contributed by atoms with van der Waals surface area (Å²) in [5.74, 6) is -0.00985. The predicted octanol–water partition coefficient (Wildman–Crippen LogP) is 2.21. The number of nitrogens with zero attached hydrogens (tertiary/aromatic N) is 1. The Hall–Kier alpha value is -1.26. The second kappa shape index (κ2) is 5.59. The monoisotopic (exact) mass is 256 g/mol. The summed E-state index contributed by atoms with van der Waals surface area (Å²) in [4.78, 5) is 23.9. The van der Waals surface area contributed by atoms with E-state index in [1.54, 1.807) is 4.90 Å². The Labute approximate surface area is 109 Å². The average molecular weight is 256 g/mol. The number of hydrogen-bond donors (Lipinski definition) is 2. The van der Waals surface area contributed by atoms with Gasteiger partial charge in [-0.25, -0.2) is 4.79 Å². The van der Waals surface area contributed by atoms with Gasteiger partial charge in [0.1, 0.15) is 0 Å². The third-order valence-corrected chi connectivity index (χ3v) is 3.40. The van der Waals surface area contributed by atoms with Gasteiger partial charge in [0.2, 0.25) is 5.91 Å². The molecule has 0 unspecified atom stereocenters. The molecule has 0 aliphatic heterocycles. The normalized spacial score (nSPS) is 24.4. The SMILES string of the molecule is CC(=O)NC1CCC(N(C(=O)O)C(C)(C)C)CC1. The zero-order valence-electron chi connectivity index (χ0n) is 11.7. The fraction of sp³-hybridized carbons (Fsp3) is 0.846. The second-order valence-corrected chi connectivity index (χ2v) is 6.03. The van der Waals surface area contributed by atoms with Crippen LogP contribution in [0.15, 0.2) is 0 Å². The number of carbonyl (C=O) groups is 2. The molecule has 0 saturated heterocycles. The molecule has 104 valence electrons. The van der Waals surface area contributed by atoms with Crippen molar-refractivity contribution in [1.82, 2.24) is 10.2 Å². The fourth-order valence-corrected chi connectivity index (χ4v) is 2.76. The van der Waals surface area contributed by atoms with Crippen molar-refractivity contribution >= 4 is 12.0 Å². The van der Waals surface area contributed by atoms with E-state index in [2.05, 4.69) is 5.32 Å². The van der Waals surface area contributed by atoms with Gasteiger partial charge in [-0.1, -0.05) is 0 Å². The molecule has 0 bridgehead atoms. The number of nitrogens with one attached hydrogen (secondary N) is 1. The Morgan fingerprint density at radius 1 is 1.17 bits per heavy atom. The number of hydrogen-bond acceptors (Lipinski definition) is 2. The molecule has 0 radical (unpaired) electrons. The van der Waals surface area contributed by atoms with Crippen molar-refractivity contribution < 1.29 is 14.7 Å². The molecule has 0 spiro atoms. The number of carboxylic acid groups (broad SMARTS) is 1. The maximum Gasteiger partial charge on any atom is 0.407 e. The van der Waals surface area contributed by atoms with E-state index in [9.17, 15) is 14.7 Å². The summed E-state index contributed by atoms with van der Waals surface area (Å²) < 4.78 is 0. The van der Waals surface area contributed by atoms with Crippen molar-refractivity contribution in [1.29, 1.82) is 0 Å². The minimum Gasteiger partial charge on any atom is -0.465 e. The molecule has 0 aromatic heterocycles. The van der Waals surface area contributed by atoms with Crippen LogP contribution < -0.4 is 5.32 Å². The van der Waals surface area contributed by atoms with Crippen molar-refractivity contribution in [3.05, 3.63) is 0 Å². The fourth-order valence-electron chi connectivity index (χ4n) is 2.76. The molecule has 0 aromatic carbocycles. The molecule has 5 heteroatoms. The van der Waals surface area contributed by atoms with Crippen LogP contribution in [0.3, 0.4) is 0 Å². The quantitative estimate of drug-likeness (QED) is 0.796. The van der Waals surface area contributed by atoms with Gasteiger partial charge in [0.25, 0.3) is 0 Å². The Morgan fingerprint density at radius 2 is 1.67 bits per heavy atom. The Bertz CT molecular complexity index is 315. The standard InChI is InChI=1S/C13H24N2O3/c1-9(16)14-10-5-7-11(8-6-10)15(12(17)18)13(2,3)4/h10-11H,5-8H2,1-4H3,(H,14,16)(H,17,18). The molecule has 1 saturated carbocycles. The van der Waals surface area contributed by atoms with Gasteiger partial charge < -0.3 is 15.3 Å². The largest absolute Gasteiger partial charge is 0.465 e. The van der Waals surface area contributed by atoms with Crippen LogP contribution in [-0.4, -0.2) is 39.6 Å². The van der Waals surface area contributed by atoms with Gasteiger partial charge in [-0.2, -0.15) is 0 Å². The molecule has 0 atom stereocenters. The van der Waals surface area contributed by atoms with Gasteiger partial charge in [0.15, 0.2) is 0 Å². The van der Waals surface area contributed by atoms with Crippen molar-refractivity contribution in [3.8, 4) is 0 Å². The summed E-state index contributed by atoms with van der Waals surface area (Å²) in [7, 11) is 0. The minimum atomic E-state index is -0.856. The highest BCUT2D eigenvalue weighted by Gasteiger charge is 2.35. The van der Waals surface area contributed by atoms with Gasteiger partial charge in [-0.3, -0.25) is 4.79 Å². The minimum absolute atomic E-state index is 0.00985. The van der Waals surface area contributed by atoms with Crippen LogP contribution in [-0.2, 0) is 4.79 Å². The number of amides is 2. The highest BCUT2D eigenvalue weighted by atomic mass is 16.4. The van der Waals surface area contributed by atoms with Crippen molar-refractivity contribution in [2.24, 2.45) is 0 Å². The molecule has 1 aliphatic rings. The van der Waals surface area contributed by atoms with Gasteiger partial charge in [-0.15, -0.1) is 0 Å². The molecule has 0 aromatic rings. The van der Waals surface area contributed by atoms with Gasteiger partial charge in [0.05, 0.1) is 0 Å². The summed E-state index contributed by atoms with van der Waals surface area (Å²) in [6.45, 7) is 7.27. The second-order valence-electron chi connectivity index (χ2n) is 6.03. The Kier molecular flexibility index (Phi) is 4.59. The van der Waals surface area contributed by atoms with E-state index in [0.29, 0.717) is 0 Å². The topological polar surface area (TPSA) is 69.6 Å². The lowest BCUT2D eigenvalue weighted by molar-refractivity contribution is -0.120. The highest BCUT2D eigenvalue weighted by molar-refractivity contribution is 5.73. The zero-order valence-corrected chi connectivity index (χ0v) is 11.7. The average Bonchev–Trinajstić information content (AvgIpc) is 2.17.